The van der Waals surface area contributed by atoms with Crippen molar-refractivity contribution in [2.24, 2.45) is 0 Å². The van der Waals surface area contributed by atoms with E-state index in [2.05, 4.69) is 34.5 Å². The molecule has 0 fully saturated rings. The van der Waals surface area contributed by atoms with Crippen LogP contribution in [-0.4, -0.2) is 28.3 Å². The molecule has 0 radical (unpaired) electrons. The monoisotopic (exact) mass is 425 g/mol. The number of carbonyl (C=O) groups is 1. The van der Waals surface area contributed by atoms with E-state index in [1.165, 1.54) is 10.3 Å². The molecule has 2 aromatic carbocycles. The molecule has 0 aliphatic carbocycles. The number of H-pyrrole nitrogens is 1. The molecule has 0 unspecified atom stereocenters. The Hall–Kier alpha value is -2.70. The minimum absolute atomic E-state index is 0.213. The summed E-state index contributed by atoms with van der Waals surface area (Å²) >= 11 is 7.99. The van der Waals surface area contributed by atoms with Crippen molar-refractivity contribution in [3.8, 4) is 11.3 Å². The van der Waals surface area contributed by atoms with Crippen molar-refractivity contribution in [3.63, 3.8) is 0 Å². The van der Waals surface area contributed by atoms with Gasteiger partial charge in [0.2, 0.25) is 0 Å². The summed E-state index contributed by atoms with van der Waals surface area (Å²) in [7, 11) is 0. The summed E-state index contributed by atoms with van der Waals surface area (Å²) in [6, 6.07) is 15.5. The third kappa shape index (κ3) is 3.91. The van der Waals surface area contributed by atoms with Crippen molar-refractivity contribution >= 4 is 40.2 Å². The lowest BCUT2D eigenvalue weighted by Crippen LogP contribution is -2.26. The predicted molar refractivity (Wildman–Crippen MR) is 118 cm³/mol. The number of nitrogens with one attached hydrogen (secondary N) is 2. The average molecular weight is 426 g/mol. The van der Waals surface area contributed by atoms with E-state index in [0.29, 0.717) is 34.1 Å². The van der Waals surface area contributed by atoms with Crippen LogP contribution in [0, 0.1) is 13.8 Å². The third-order valence-corrected chi connectivity index (χ3v) is 6.24. The Morgan fingerprint density at radius 2 is 1.93 bits per heavy atom. The van der Waals surface area contributed by atoms with Crippen LogP contribution in [0.2, 0.25) is 5.02 Å². The second-order valence-corrected chi connectivity index (χ2v) is 8.18. The van der Waals surface area contributed by atoms with E-state index in [1.54, 1.807) is 24.8 Å². The number of aryl methyl sites for hydroxylation is 2. The standard InChI is InChI=1S/C22H20ClN3O2S/c1-13-21(16-8-4-6-10-18(16)25-13)29-12-11-24-22(27)19-14(2)28-26-20(19)15-7-3-5-9-17(15)23/h3-10,25H,11-12H2,1-2H3,(H,24,27). The van der Waals surface area contributed by atoms with Crippen LogP contribution in [0.3, 0.4) is 0 Å². The second kappa shape index (κ2) is 8.35. The zero-order chi connectivity index (χ0) is 20.4. The maximum atomic E-state index is 12.8. The van der Waals surface area contributed by atoms with E-state index in [1.807, 2.05) is 30.3 Å². The van der Waals surface area contributed by atoms with Gasteiger partial charge in [0, 0.05) is 39.4 Å². The first-order chi connectivity index (χ1) is 14.1. The molecule has 29 heavy (non-hydrogen) atoms. The molecule has 0 saturated carbocycles. The summed E-state index contributed by atoms with van der Waals surface area (Å²) in [6.45, 7) is 4.32. The summed E-state index contributed by atoms with van der Waals surface area (Å²) in [5.74, 6) is 1.01. The van der Waals surface area contributed by atoms with Gasteiger partial charge in [-0.15, -0.1) is 11.8 Å². The zero-order valence-electron chi connectivity index (χ0n) is 16.1. The molecular formula is C22H20ClN3O2S. The van der Waals surface area contributed by atoms with E-state index in [4.69, 9.17) is 16.1 Å². The van der Waals surface area contributed by atoms with Gasteiger partial charge in [-0.3, -0.25) is 4.79 Å². The molecule has 4 aromatic rings. The van der Waals surface area contributed by atoms with Crippen molar-refractivity contribution in [1.29, 1.82) is 0 Å². The molecular weight excluding hydrogens is 406 g/mol. The fourth-order valence-corrected chi connectivity index (χ4v) is 4.55. The van der Waals surface area contributed by atoms with Crippen LogP contribution in [0.4, 0.5) is 0 Å². The van der Waals surface area contributed by atoms with Gasteiger partial charge < -0.3 is 14.8 Å². The van der Waals surface area contributed by atoms with Crippen LogP contribution < -0.4 is 5.32 Å². The number of carbonyl (C=O) groups excluding carboxylic acids is 1. The quantitative estimate of drug-likeness (QED) is 0.311. The molecule has 0 aliphatic rings. The molecule has 148 valence electrons. The molecule has 5 nitrogen and oxygen atoms in total. The number of hydrogen-bond donors (Lipinski definition) is 2. The Morgan fingerprint density at radius 3 is 2.76 bits per heavy atom. The number of aromatic amines is 1. The summed E-state index contributed by atoms with van der Waals surface area (Å²) in [6.07, 6.45) is 0. The highest BCUT2D eigenvalue weighted by molar-refractivity contribution is 7.99. The maximum absolute atomic E-state index is 12.8. The SMILES string of the molecule is Cc1[nH]c2ccccc2c1SCCNC(=O)c1c(-c2ccccc2Cl)noc1C. The van der Waals surface area contributed by atoms with Crippen LogP contribution in [0.5, 0.6) is 0 Å². The molecule has 2 aromatic heterocycles. The van der Waals surface area contributed by atoms with Crippen molar-refractivity contribution < 1.29 is 9.32 Å². The number of amides is 1. The van der Waals surface area contributed by atoms with Gasteiger partial charge in [-0.25, -0.2) is 0 Å². The number of hydrogen-bond acceptors (Lipinski definition) is 4. The van der Waals surface area contributed by atoms with Crippen LogP contribution >= 0.6 is 23.4 Å². The van der Waals surface area contributed by atoms with Crippen molar-refractivity contribution in [1.82, 2.24) is 15.5 Å². The van der Waals surface area contributed by atoms with E-state index < -0.39 is 0 Å². The molecule has 0 atom stereocenters. The van der Waals surface area contributed by atoms with E-state index in [-0.39, 0.29) is 5.91 Å². The van der Waals surface area contributed by atoms with Gasteiger partial charge in [0.1, 0.15) is 17.0 Å². The molecule has 0 bridgehead atoms. The van der Waals surface area contributed by atoms with Gasteiger partial charge in [-0.2, -0.15) is 0 Å². The molecule has 0 spiro atoms. The molecule has 4 rings (SSSR count). The molecule has 2 N–H and O–H groups in total. The van der Waals surface area contributed by atoms with Crippen LogP contribution in [0.25, 0.3) is 22.2 Å². The second-order valence-electron chi connectivity index (χ2n) is 6.67. The lowest BCUT2D eigenvalue weighted by atomic mass is 10.1. The fourth-order valence-electron chi connectivity index (χ4n) is 3.32. The van der Waals surface area contributed by atoms with Crippen LogP contribution in [0.1, 0.15) is 21.8 Å². The normalized spacial score (nSPS) is 11.1. The van der Waals surface area contributed by atoms with Gasteiger partial charge in [-0.1, -0.05) is 53.2 Å². The lowest BCUT2D eigenvalue weighted by molar-refractivity contribution is 0.0955. The molecule has 1 amide bonds. The fraction of sp³-hybridized carbons (Fsp3) is 0.182. The van der Waals surface area contributed by atoms with Crippen molar-refractivity contribution in [3.05, 3.63) is 70.6 Å². The summed E-state index contributed by atoms with van der Waals surface area (Å²) in [5, 5.41) is 8.76. The molecule has 7 heteroatoms. The number of fused-ring (bicyclic) bond motifs is 1. The van der Waals surface area contributed by atoms with Gasteiger partial charge in [0.25, 0.3) is 5.91 Å². The Bertz CT molecular complexity index is 1180. The largest absolute Gasteiger partial charge is 0.360 e. The Morgan fingerprint density at radius 1 is 1.17 bits per heavy atom. The number of thioether (sulfide) groups is 1. The van der Waals surface area contributed by atoms with Gasteiger partial charge in [0.15, 0.2) is 0 Å². The van der Waals surface area contributed by atoms with E-state index in [9.17, 15) is 4.79 Å². The predicted octanol–water partition coefficient (Wildman–Crippen LogP) is 5.62. The first-order valence-electron chi connectivity index (χ1n) is 9.25. The van der Waals surface area contributed by atoms with Crippen molar-refractivity contribution in [2.75, 3.05) is 12.3 Å². The molecule has 0 saturated heterocycles. The number of para-hydroxylation sites is 1. The molecule has 2 heterocycles. The topological polar surface area (TPSA) is 70.9 Å². The van der Waals surface area contributed by atoms with E-state index in [0.717, 1.165) is 17.0 Å². The van der Waals surface area contributed by atoms with Gasteiger partial charge in [-0.05, 0) is 26.0 Å². The summed E-state index contributed by atoms with van der Waals surface area (Å²) in [5.41, 5.74) is 3.83. The number of aromatic nitrogens is 2. The zero-order valence-corrected chi connectivity index (χ0v) is 17.7. The number of halogens is 1. The number of rotatable bonds is 6. The Kier molecular flexibility index (Phi) is 5.65. The Balaban J connectivity index is 1.44. The summed E-state index contributed by atoms with van der Waals surface area (Å²) < 4.78 is 5.28. The van der Waals surface area contributed by atoms with Crippen LogP contribution in [0.15, 0.2) is 57.9 Å². The molecule has 0 aliphatic heterocycles. The Labute approximate surface area is 177 Å². The number of nitrogens with zero attached hydrogens (tertiary/aromatic N) is 1. The highest BCUT2D eigenvalue weighted by Gasteiger charge is 2.22. The van der Waals surface area contributed by atoms with Gasteiger partial charge >= 0.3 is 0 Å². The lowest BCUT2D eigenvalue weighted by Gasteiger charge is -2.07. The average Bonchev–Trinajstić information content (AvgIpc) is 3.25. The third-order valence-electron chi connectivity index (χ3n) is 4.69. The first kappa shape index (κ1) is 19.6. The summed E-state index contributed by atoms with van der Waals surface area (Å²) in [4.78, 5) is 17.4. The van der Waals surface area contributed by atoms with E-state index >= 15 is 0 Å². The smallest absolute Gasteiger partial charge is 0.257 e. The maximum Gasteiger partial charge on any atom is 0.257 e. The highest BCUT2D eigenvalue weighted by Crippen LogP contribution is 2.32. The minimum Gasteiger partial charge on any atom is -0.360 e. The highest BCUT2D eigenvalue weighted by atomic mass is 35.5. The minimum atomic E-state index is -0.213. The van der Waals surface area contributed by atoms with Crippen molar-refractivity contribution in [2.45, 2.75) is 18.7 Å². The number of benzene rings is 2. The van der Waals surface area contributed by atoms with Gasteiger partial charge in [0.05, 0.1) is 5.02 Å². The van der Waals surface area contributed by atoms with Crippen LogP contribution in [-0.2, 0) is 0 Å². The first-order valence-corrected chi connectivity index (χ1v) is 10.6.